The van der Waals surface area contributed by atoms with E-state index in [1.54, 1.807) is 0 Å². The van der Waals surface area contributed by atoms with Gasteiger partial charge in [0.2, 0.25) is 0 Å². The topological polar surface area (TPSA) is 72.9 Å². The summed E-state index contributed by atoms with van der Waals surface area (Å²) in [5, 5.41) is 7.42. The molecule has 1 aliphatic heterocycles. The number of aromatic nitrogens is 2. The van der Waals surface area contributed by atoms with Crippen molar-refractivity contribution in [2.75, 3.05) is 6.54 Å². The number of hydrogen-bond acceptors (Lipinski definition) is 3. The molecule has 0 aromatic carbocycles. The Hall–Kier alpha value is -1.36. The number of amides is 1. The number of fused-ring (bicyclic) bond motifs is 1. The fourth-order valence-electron chi connectivity index (χ4n) is 1.88. The van der Waals surface area contributed by atoms with E-state index in [-0.39, 0.29) is 0 Å². The lowest BCUT2D eigenvalue weighted by Crippen LogP contribution is -2.26. The number of aryl methyl sites for hydroxylation is 1. The van der Waals surface area contributed by atoms with E-state index in [0.717, 1.165) is 30.8 Å². The molecular weight excluding hydrogens is 180 g/mol. The van der Waals surface area contributed by atoms with Crippen LogP contribution in [0.3, 0.4) is 0 Å². The van der Waals surface area contributed by atoms with E-state index in [1.807, 2.05) is 11.6 Å². The molecule has 3 N–H and O–H groups in total. The highest BCUT2D eigenvalue weighted by Gasteiger charge is 2.22. The van der Waals surface area contributed by atoms with Crippen LogP contribution in [0.4, 0.5) is 0 Å². The summed E-state index contributed by atoms with van der Waals surface area (Å²) in [5.41, 5.74) is 7.82. The van der Waals surface area contributed by atoms with Crippen molar-refractivity contribution in [1.29, 1.82) is 0 Å². The van der Waals surface area contributed by atoms with Gasteiger partial charge in [-0.3, -0.25) is 9.48 Å². The summed E-state index contributed by atoms with van der Waals surface area (Å²) < 4.78 is 1.87. The molecule has 2 rings (SSSR count). The molecule has 14 heavy (non-hydrogen) atoms. The normalized spacial score (nSPS) is 15.2. The second-order valence-corrected chi connectivity index (χ2v) is 3.38. The first kappa shape index (κ1) is 9.21. The van der Waals surface area contributed by atoms with Gasteiger partial charge < -0.3 is 11.1 Å². The Bertz CT molecular complexity index is 369. The van der Waals surface area contributed by atoms with Gasteiger partial charge in [0, 0.05) is 37.3 Å². The van der Waals surface area contributed by atoms with E-state index in [2.05, 4.69) is 10.4 Å². The van der Waals surface area contributed by atoms with Gasteiger partial charge in [0.05, 0.1) is 0 Å². The third-order valence-electron chi connectivity index (χ3n) is 2.54. The number of nitrogens with zero attached hydrogens (tertiary/aromatic N) is 2. The zero-order valence-corrected chi connectivity index (χ0v) is 8.21. The number of carbonyl (C=O) groups is 1. The van der Waals surface area contributed by atoms with Gasteiger partial charge in [-0.2, -0.15) is 5.10 Å². The van der Waals surface area contributed by atoms with Crippen molar-refractivity contribution < 1.29 is 4.79 Å². The van der Waals surface area contributed by atoms with Crippen LogP contribution in [-0.2, 0) is 19.5 Å². The molecule has 0 spiro atoms. The molecule has 76 valence electrons. The van der Waals surface area contributed by atoms with Crippen molar-refractivity contribution >= 4 is 5.91 Å². The Kier molecular flexibility index (Phi) is 2.25. The first-order chi connectivity index (χ1) is 6.74. The van der Waals surface area contributed by atoms with Crippen LogP contribution in [0.15, 0.2) is 0 Å². The van der Waals surface area contributed by atoms with Crippen LogP contribution in [0.25, 0.3) is 0 Å². The number of hydrogen-bond donors (Lipinski definition) is 2. The Morgan fingerprint density at radius 1 is 1.71 bits per heavy atom. The molecule has 0 bridgehead atoms. The van der Waals surface area contributed by atoms with Crippen molar-refractivity contribution in [1.82, 2.24) is 15.1 Å². The maximum Gasteiger partial charge on any atom is 0.269 e. The lowest BCUT2D eigenvalue weighted by molar-refractivity contribution is 0.0993. The van der Waals surface area contributed by atoms with Crippen LogP contribution in [0.5, 0.6) is 0 Å². The van der Waals surface area contributed by atoms with Gasteiger partial charge in [-0.25, -0.2) is 0 Å². The fourth-order valence-corrected chi connectivity index (χ4v) is 1.88. The van der Waals surface area contributed by atoms with E-state index >= 15 is 0 Å². The molecular formula is C9H14N4O. The minimum absolute atomic E-state index is 0.425. The molecule has 0 saturated heterocycles. The number of rotatable bonds is 2. The Labute approximate surface area is 82.3 Å². The van der Waals surface area contributed by atoms with Crippen molar-refractivity contribution in [3.8, 4) is 0 Å². The average Bonchev–Trinajstić information content (AvgIpc) is 2.56. The molecule has 0 aliphatic carbocycles. The summed E-state index contributed by atoms with van der Waals surface area (Å²) >= 11 is 0. The molecule has 5 nitrogen and oxygen atoms in total. The summed E-state index contributed by atoms with van der Waals surface area (Å²) in [6, 6.07) is 0. The largest absolute Gasteiger partial charge is 0.364 e. The Morgan fingerprint density at radius 3 is 3.14 bits per heavy atom. The minimum atomic E-state index is -0.433. The molecule has 2 heterocycles. The second kappa shape index (κ2) is 3.42. The summed E-state index contributed by atoms with van der Waals surface area (Å²) in [6.45, 7) is 4.44. The van der Waals surface area contributed by atoms with Gasteiger partial charge in [-0.05, 0) is 6.92 Å². The Morgan fingerprint density at radius 2 is 2.50 bits per heavy atom. The highest BCUT2D eigenvalue weighted by atomic mass is 16.1. The summed E-state index contributed by atoms with van der Waals surface area (Å²) in [4.78, 5) is 11.1. The first-order valence-corrected chi connectivity index (χ1v) is 4.83. The smallest absolute Gasteiger partial charge is 0.269 e. The van der Waals surface area contributed by atoms with Crippen LogP contribution in [0.1, 0.15) is 28.7 Å². The summed E-state index contributed by atoms with van der Waals surface area (Å²) in [5.74, 6) is -0.433. The predicted octanol–water partition coefficient (Wildman–Crippen LogP) is -0.352. The van der Waals surface area contributed by atoms with E-state index in [1.165, 1.54) is 0 Å². The van der Waals surface area contributed by atoms with Gasteiger partial charge in [0.25, 0.3) is 5.91 Å². The summed E-state index contributed by atoms with van der Waals surface area (Å²) in [7, 11) is 0. The van der Waals surface area contributed by atoms with Crippen LogP contribution < -0.4 is 11.1 Å². The van der Waals surface area contributed by atoms with E-state index < -0.39 is 5.91 Å². The van der Waals surface area contributed by atoms with Crippen molar-refractivity contribution in [3.63, 3.8) is 0 Å². The van der Waals surface area contributed by atoms with Gasteiger partial charge in [0.15, 0.2) is 5.69 Å². The zero-order chi connectivity index (χ0) is 10.1. The Balaban J connectivity index is 2.52. The number of nitrogens with two attached hydrogens (primary N) is 1. The zero-order valence-electron chi connectivity index (χ0n) is 8.21. The van der Waals surface area contributed by atoms with Gasteiger partial charge in [-0.1, -0.05) is 0 Å². The van der Waals surface area contributed by atoms with Crippen molar-refractivity contribution in [2.24, 2.45) is 5.73 Å². The predicted molar refractivity (Wildman–Crippen MR) is 51.8 cm³/mol. The SMILES string of the molecule is CCn1nc(C(N)=O)c2c1CCNC2. The van der Waals surface area contributed by atoms with Gasteiger partial charge in [0.1, 0.15) is 0 Å². The maximum atomic E-state index is 11.1. The fraction of sp³-hybridized carbons (Fsp3) is 0.556. The number of primary amides is 1. The van der Waals surface area contributed by atoms with E-state index in [4.69, 9.17) is 5.73 Å². The quantitative estimate of drug-likeness (QED) is 0.675. The minimum Gasteiger partial charge on any atom is -0.364 e. The molecule has 1 aromatic rings. The van der Waals surface area contributed by atoms with Crippen LogP contribution in [-0.4, -0.2) is 22.2 Å². The molecule has 1 aromatic heterocycles. The molecule has 0 radical (unpaired) electrons. The lowest BCUT2D eigenvalue weighted by atomic mass is 10.1. The molecule has 0 saturated carbocycles. The maximum absolute atomic E-state index is 11.1. The average molecular weight is 194 g/mol. The van der Waals surface area contributed by atoms with Crippen LogP contribution >= 0.6 is 0 Å². The van der Waals surface area contributed by atoms with Crippen molar-refractivity contribution in [2.45, 2.75) is 26.4 Å². The van der Waals surface area contributed by atoms with Gasteiger partial charge >= 0.3 is 0 Å². The monoisotopic (exact) mass is 194 g/mol. The second-order valence-electron chi connectivity index (χ2n) is 3.38. The van der Waals surface area contributed by atoms with Crippen molar-refractivity contribution in [3.05, 3.63) is 17.0 Å². The molecule has 0 unspecified atom stereocenters. The molecule has 0 atom stereocenters. The lowest BCUT2D eigenvalue weighted by Gasteiger charge is -2.14. The molecule has 5 heteroatoms. The standard InChI is InChI=1S/C9H14N4O/c1-2-13-7-3-4-11-5-6(7)8(12-13)9(10)14/h11H,2-5H2,1H3,(H2,10,14). The molecule has 0 fully saturated rings. The van der Waals surface area contributed by atoms with Crippen LogP contribution in [0, 0.1) is 0 Å². The van der Waals surface area contributed by atoms with Gasteiger partial charge in [-0.15, -0.1) is 0 Å². The molecule has 1 aliphatic rings. The molecule has 1 amide bonds. The number of nitrogens with one attached hydrogen (secondary N) is 1. The van der Waals surface area contributed by atoms with Crippen LogP contribution in [0.2, 0.25) is 0 Å². The van der Waals surface area contributed by atoms with E-state index in [0.29, 0.717) is 12.2 Å². The number of carbonyl (C=O) groups excluding carboxylic acids is 1. The highest BCUT2D eigenvalue weighted by molar-refractivity contribution is 5.92. The third kappa shape index (κ3) is 1.29. The first-order valence-electron chi connectivity index (χ1n) is 4.83. The third-order valence-corrected chi connectivity index (χ3v) is 2.54. The highest BCUT2D eigenvalue weighted by Crippen LogP contribution is 2.17. The van der Waals surface area contributed by atoms with E-state index in [9.17, 15) is 4.79 Å². The summed E-state index contributed by atoms with van der Waals surface area (Å²) in [6.07, 6.45) is 0.920.